The maximum atomic E-state index is 8.27. The lowest BCUT2D eigenvalue weighted by molar-refractivity contribution is 0.936. The Morgan fingerprint density at radius 3 is 2.60 bits per heavy atom. The SMILES string of the molecule is N#CN(C#N)c1cn[nH]n1. The molecule has 1 aromatic heterocycles. The third-order valence-corrected chi connectivity index (χ3v) is 0.831. The molecule has 48 valence electrons. The smallest absolute Gasteiger partial charge is 0.196 e. The molecule has 1 rings (SSSR count). The van der Waals surface area contributed by atoms with Gasteiger partial charge in [-0.25, -0.2) is 0 Å². The number of hydrogen-bond acceptors (Lipinski definition) is 5. The largest absolute Gasteiger partial charge is 0.200 e. The van der Waals surface area contributed by atoms with E-state index in [1.165, 1.54) is 6.20 Å². The van der Waals surface area contributed by atoms with Crippen molar-refractivity contribution in [1.82, 2.24) is 15.4 Å². The van der Waals surface area contributed by atoms with Crippen LogP contribution in [-0.2, 0) is 0 Å². The molecule has 0 aliphatic rings. The van der Waals surface area contributed by atoms with Crippen LogP contribution in [0.5, 0.6) is 0 Å². The summed E-state index contributed by atoms with van der Waals surface area (Å²) in [5.41, 5.74) is 0. The second-order valence-corrected chi connectivity index (χ2v) is 1.36. The first-order valence-corrected chi connectivity index (χ1v) is 2.34. The van der Waals surface area contributed by atoms with Crippen molar-refractivity contribution in [3.8, 4) is 12.4 Å². The molecular weight excluding hydrogens is 132 g/mol. The van der Waals surface area contributed by atoms with Gasteiger partial charge in [0.15, 0.2) is 18.2 Å². The Bertz CT molecular complexity index is 260. The highest BCUT2D eigenvalue weighted by Crippen LogP contribution is 2.02. The predicted molar refractivity (Wildman–Crippen MR) is 30.1 cm³/mol. The van der Waals surface area contributed by atoms with Crippen LogP contribution in [0.3, 0.4) is 0 Å². The molecule has 1 aromatic rings. The van der Waals surface area contributed by atoms with Crippen LogP contribution in [0.2, 0.25) is 0 Å². The van der Waals surface area contributed by atoms with Gasteiger partial charge in [0.2, 0.25) is 0 Å². The second kappa shape index (κ2) is 2.46. The number of hydrogen-bond donors (Lipinski definition) is 1. The maximum Gasteiger partial charge on any atom is 0.200 e. The van der Waals surface area contributed by atoms with Gasteiger partial charge in [-0.05, 0) is 0 Å². The zero-order valence-electron chi connectivity index (χ0n) is 4.81. The van der Waals surface area contributed by atoms with E-state index in [1.807, 2.05) is 0 Å². The lowest BCUT2D eigenvalue weighted by atomic mass is 10.7. The minimum atomic E-state index is 0.199. The Labute approximate surface area is 56.3 Å². The number of rotatable bonds is 1. The Morgan fingerprint density at radius 1 is 1.50 bits per heavy atom. The number of H-pyrrole nitrogens is 1. The molecular formula is C4H2N6. The molecule has 0 spiro atoms. The molecule has 0 amide bonds. The standard InChI is InChI=1S/C4H2N6/c5-2-10(3-6)4-1-7-9-8-4/h1H,(H,7,8,9). The number of aromatic nitrogens is 3. The van der Waals surface area contributed by atoms with Gasteiger partial charge in [0.25, 0.3) is 0 Å². The lowest BCUT2D eigenvalue weighted by Crippen LogP contribution is -2.07. The molecule has 0 aliphatic carbocycles. The molecule has 0 radical (unpaired) electrons. The topological polar surface area (TPSA) is 92.4 Å². The normalized spacial score (nSPS) is 7.80. The molecule has 1 N–H and O–H groups in total. The van der Waals surface area contributed by atoms with Crippen molar-refractivity contribution in [3.05, 3.63) is 6.20 Å². The fourth-order valence-electron chi connectivity index (χ4n) is 0.428. The fraction of sp³-hybridized carbons (Fsp3) is 0. The number of anilines is 1. The van der Waals surface area contributed by atoms with Crippen molar-refractivity contribution in [2.45, 2.75) is 0 Å². The number of aromatic amines is 1. The molecule has 0 saturated carbocycles. The zero-order valence-corrected chi connectivity index (χ0v) is 4.81. The minimum Gasteiger partial charge on any atom is -0.196 e. The van der Waals surface area contributed by atoms with Crippen molar-refractivity contribution in [1.29, 1.82) is 10.5 Å². The Balaban J connectivity index is 2.89. The number of nitrogens with one attached hydrogen (secondary N) is 1. The monoisotopic (exact) mass is 134 g/mol. The molecule has 0 atom stereocenters. The van der Waals surface area contributed by atoms with Crippen molar-refractivity contribution >= 4 is 5.82 Å². The first-order valence-electron chi connectivity index (χ1n) is 2.34. The lowest BCUT2D eigenvalue weighted by Gasteiger charge is -1.94. The van der Waals surface area contributed by atoms with Crippen molar-refractivity contribution < 1.29 is 0 Å². The van der Waals surface area contributed by atoms with Crippen LogP contribution in [0.25, 0.3) is 0 Å². The second-order valence-electron chi connectivity index (χ2n) is 1.36. The highest BCUT2D eigenvalue weighted by molar-refractivity contribution is 5.45. The van der Waals surface area contributed by atoms with Crippen molar-refractivity contribution in [2.24, 2.45) is 0 Å². The number of nitriles is 2. The van der Waals surface area contributed by atoms with Gasteiger partial charge in [-0.2, -0.15) is 25.7 Å². The summed E-state index contributed by atoms with van der Waals surface area (Å²) >= 11 is 0. The molecule has 6 nitrogen and oxygen atoms in total. The molecule has 10 heavy (non-hydrogen) atoms. The molecule has 0 saturated heterocycles. The summed E-state index contributed by atoms with van der Waals surface area (Å²) < 4.78 is 0. The van der Waals surface area contributed by atoms with Gasteiger partial charge in [-0.3, -0.25) is 0 Å². The van der Waals surface area contributed by atoms with Crippen molar-refractivity contribution in [3.63, 3.8) is 0 Å². The third kappa shape index (κ3) is 0.858. The molecule has 0 aliphatic heterocycles. The van der Waals surface area contributed by atoms with E-state index in [0.29, 0.717) is 0 Å². The summed E-state index contributed by atoms with van der Waals surface area (Å²) in [7, 11) is 0. The Morgan fingerprint density at radius 2 is 2.20 bits per heavy atom. The van der Waals surface area contributed by atoms with Crippen molar-refractivity contribution in [2.75, 3.05) is 4.90 Å². The summed E-state index contributed by atoms with van der Waals surface area (Å²) in [6.45, 7) is 0. The summed E-state index contributed by atoms with van der Waals surface area (Å²) in [6, 6.07) is 0. The van der Waals surface area contributed by atoms with E-state index in [1.54, 1.807) is 12.4 Å². The van der Waals surface area contributed by atoms with E-state index in [9.17, 15) is 0 Å². The predicted octanol–water partition coefficient (Wildman–Crippen LogP) is -0.427. The van der Waals surface area contributed by atoms with E-state index in [-0.39, 0.29) is 5.82 Å². The van der Waals surface area contributed by atoms with E-state index < -0.39 is 0 Å². The molecule has 0 unspecified atom stereocenters. The summed E-state index contributed by atoms with van der Waals surface area (Å²) in [5, 5.41) is 25.7. The minimum absolute atomic E-state index is 0.199. The van der Waals surface area contributed by atoms with Crippen LogP contribution in [0, 0.1) is 22.9 Å². The summed E-state index contributed by atoms with van der Waals surface area (Å²) in [5.74, 6) is 0.199. The molecule has 0 bridgehead atoms. The first kappa shape index (κ1) is 6.05. The molecule has 0 fully saturated rings. The van der Waals surface area contributed by atoms with Crippen LogP contribution < -0.4 is 4.90 Å². The van der Waals surface area contributed by atoms with E-state index >= 15 is 0 Å². The Hall–Kier alpha value is -2.08. The van der Waals surface area contributed by atoms with E-state index in [2.05, 4.69) is 15.4 Å². The van der Waals surface area contributed by atoms with Gasteiger partial charge in [-0.1, -0.05) is 0 Å². The van der Waals surface area contributed by atoms with Gasteiger partial charge < -0.3 is 0 Å². The zero-order chi connectivity index (χ0) is 7.40. The van der Waals surface area contributed by atoms with Gasteiger partial charge in [0.05, 0.1) is 6.20 Å². The summed E-state index contributed by atoms with van der Waals surface area (Å²) in [4.78, 5) is 0.740. The molecule has 6 heteroatoms. The fourth-order valence-corrected chi connectivity index (χ4v) is 0.428. The highest BCUT2D eigenvalue weighted by atomic mass is 15.4. The van der Waals surface area contributed by atoms with Gasteiger partial charge >= 0.3 is 0 Å². The van der Waals surface area contributed by atoms with Gasteiger partial charge in [0, 0.05) is 0 Å². The maximum absolute atomic E-state index is 8.27. The van der Waals surface area contributed by atoms with Crippen LogP contribution in [0.1, 0.15) is 0 Å². The molecule has 0 aromatic carbocycles. The number of nitrogens with zero attached hydrogens (tertiary/aromatic N) is 5. The summed E-state index contributed by atoms with van der Waals surface area (Å²) in [6.07, 6.45) is 4.49. The Kier molecular flexibility index (Phi) is 1.49. The molecule has 1 heterocycles. The van der Waals surface area contributed by atoms with Crippen LogP contribution in [-0.4, -0.2) is 15.4 Å². The third-order valence-electron chi connectivity index (χ3n) is 0.831. The van der Waals surface area contributed by atoms with Crippen LogP contribution in [0.4, 0.5) is 5.82 Å². The van der Waals surface area contributed by atoms with E-state index in [0.717, 1.165) is 4.90 Å². The van der Waals surface area contributed by atoms with Crippen LogP contribution in [0.15, 0.2) is 6.20 Å². The van der Waals surface area contributed by atoms with Gasteiger partial charge in [0.1, 0.15) is 0 Å². The quantitative estimate of drug-likeness (QED) is 0.415. The van der Waals surface area contributed by atoms with E-state index in [4.69, 9.17) is 10.5 Å². The average molecular weight is 134 g/mol. The highest BCUT2D eigenvalue weighted by Gasteiger charge is 2.04. The first-order chi connectivity index (χ1) is 4.88. The van der Waals surface area contributed by atoms with Gasteiger partial charge in [-0.15, -0.1) is 5.10 Å². The average Bonchev–Trinajstić information content (AvgIpc) is 2.43. The van der Waals surface area contributed by atoms with Crippen LogP contribution >= 0.6 is 0 Å².